The van der Waals surface area contributed by atoms with Crippen LogP contribution in [0.25, 0.3) is 33.8 Å². The average molecular weight is 1180 g/mol. The number of imidazole rings is 2. The SMILES string of the molecule is COC(=O)c1cc(N)sn1.COC(=O)c1cc(Nc2nc(Br)cn3c(-c4cnn(COCC[Si](C)(C)C)c4)cnc23)sn1.C[Si](C)(C)CCOCn1cc(-c2cnc3c(S(C)(=O)=O)nc(Br)cn23)cn1. The average Bonchev–Trinajstić information content (AvgIpc) is 4.15. The standard InChI is InChI=1S/C20H24BrN7O3SSi.C16H22BrN5O3SSi.C5H6N2O2S/c1-30-20(29)14-7-17(32-26-14)25-18-19-22-9-15(28(19)11-16(21)24-18)13-8-23-27(10-13)12-31-5-6-33(2,3)4;1-26(23,24)16-15-18-8-13(22(15)10-14(17)20-16)12-7-19-21(9-12)11-25-5-6-27(2,3)4;1-9-5(8)3-2-4(6)10-7-3/h7-11H,5-6,12H2,1-4H3,(H,24,25);7-10H,5-6,11H2,1-4H3;2H,6H2,1H3. The summed E-state index contributed by atoms with van der Waals surface area (Å²) in [5.74, 6) is -0.415. The highest BCUT2D eigenvalue weighted by Gasteiger charge is 2.21. The van der Waals surface area contributed by atoms with Crippen LogP contribution >= 0.6 is 54.9 Å². The maximum Gasteiger partial charge on any atom is 0.357 e. The lowest BCUT2D eigenvalue weighted by Crippen LogP contribution is -2.22. The van der Waals surface area contributed by atoms with Crippen molar-refractivity contribution in [1.29, 1.82) is 0 Å². The molecule has 0 amide bonds. The minimum absolute atomic E-state index is 0.0646. The van der Waals surface area contributed by atoms with Gasteiger partial charge in [0.1, 0.15) is 32.7 Å². The van der Waals surface area contributed by atoms with Gasteiger partial charge < -0.3 is 30.0 Å². The highest BCUT2D eigenvalue weighted by Crippen LogP contribution is 2.30. The third-order valence-electron chi connectivity index (χ3n) is 9.61. The van der Waals surface area contributed by atoms with Gasteiger partial charge >= 0.3 is 11.9 Å². The van der Waals surface area contributed by atoms with Crippen LogP contribution in [0.1, 0.15) is 21.0 Å². The van der Waals surface area contributed by atoms with Gasteiger partial charge in [0.05, 0.1) is 50.4 Å². The molecule has 0 aromatic carbocycles. The summed E-state index contributed by atoms with van der Waals surface area (Å²) in [5.41, 5.74) is 10.1. The van der Waals surface area contributed by atoms with Crippen molar-refractivity contribution < 1.29 is 37.0 Å². The molecule has 0 aliphatic carbocycles. The molecule has 22 nitrogen and oxygen atoms in total. The maximum atomic E-state index is 12.0. The summed E-state index contributed by atoms with van der Waals surface area (Å²) in [7, 11) is -3.11. The molecule has 0 spiro atoms. The number of hydrogen-bond acceptors (Lipinski definition) is 20. The molecule has 0 unspecified atom stereocenters. The summed E-state index contributed by atoms with van der Waals surface area (Å²) in [6.45, 7) is 16.2. The fourth-order valence-corrected chi connectivity index (χ4v) is 10.3. The summed E-state index contributed by atoms with van der Waals surface area (Å²) in [6, 6.07) is 5.32. The Morgan fingerprint density at radius 1 is 0.714 bits per heavy atom. The Bertz CT molecular complexity index is 3200. The Morgan fingerprint density at radius 2 is 1.20 bits per heavy atom. The van der Waals surface area contributed by atoms with Gasteiger partial charge in [0.25, 0.3) is 0 Å². The van der Waals surface area contributed by atoms with E-state index in [1.165, 1.54) is 20.3 Å². The Kier molecular flexibility index (Phi) is 18.0. The molecule has 70 heavy (non-hydrogen) atoms. The first kappa shape index (κ1) is 54.1. The normalized spacial score (nSPS) is 11.8. The molecule has 0 aliphatic heterocycles. The number of ether oxygens (including phenoxy) is 4. The quantitative estimate of drug-likeness (QED) is 0.0494. The second-order valence-corrected chi connectivity index (χ2v) is 34.2. The van der Waals surface area contributed by atoms with Crippen LogP contribution in [-0.2, 0) is 42.2 Å². The number of aromatic nitrogens is 12. The second kappa shape index (κ2) is 23.3. The summed E-state index contributed by atoms with van der Waals surface area (Å²) < 4.78 is 60.6. The van der Waals surface area contributed by atoms with Crippen molar-refractivity contribution in [1.82, 2.24) is 57.0 Å². The van der Waals surface area contributed by atoms with E-state index in [4.69, 9.17) is 19.9 Å². The van der Waals surface area contributed by atoms with Gasteiger partial charge in [0.2, 0.25) is 0 Å². The van der Waals surface area contributed by atoms with Gasteiger partial charge in [-0.05, 0) is 67.0 Å². The number of nitrogen functional groups attached to an aromatic ring is 1. The van der Waals surface area contributed by atoms with Gasteiger partial charge in [-0.15, -0.1) is 0 Å². The summed E-state index contributed by atoms with van der Waals surface area (Å²) >= 11 is 8.95. The van der Waals surface area contributed by atoms with Crippen LogP contribution in [0.2, 0.25) is 51.4 Å². The van der Waals surface area contributed by atoms with Crippen LogP contribution in [0, 0.1) is 0 Å². The minimum Gasteiger partial charge on any atom is -0.464 e. The molecule has 0 bridgehead atoms. The van der Waals surface area contributed by atoms with Crippen molar-refractivity contribution in [2.45, 2.75) is 69.9 Å². The highest BCUT2D eigenvalue weighted by atomic mass is 79.9. The Morgan fingerprint density at radius 3 is 1.69 bits per heavy atom. The number of methoxy groups -OCH3 is 2. The number of nitrogens with zero attached hydrogens (tertiary/aromatic N) is 12. The molecule has 0 radical (unpaired) electrons. The van der Waals surface area contributed by atoms with E-state index in [0.29, 0.717) is 44.1 Å². The van der Waals surface area contributed by atoms with E-state index in [1.807, 2.05) is 23.0 Å². The van der Waals surface area contributed by atoms with Crippen molar-refractivity contribution >= 4 is 120 Å². The Hall–Kier alpha value is -5.28. The molecule has 8 aromatic heterocycles. The second-order valence-electron chi connectivity index (χ2n) is 17.8. The number of hydrogen-bond donors (Lipinski definition) is 2. The maximum absolute atomic E-state index is 12.0. The number of sulfone groups is 1. The topological polar surface area (TPSA) is 265 Å². The molecule has 374 valence electrons. The van der Waals surface area contributed by atoms with E-state index < -0.39 is 37.9 Å². The van der Waals surface area contributed by atoms with Crippen molar-refractivity contribution in [2.75, 3.05) is 44.7 Å². The van der Waals surface area contributed by atoms with E-state index in [9.17, 15) is 18.0 Å². The minimum atomic E-state index is -3.50. The largest absolute Gasteiger partial charge is 0.464 e. The van der Waals surface area contributed by atoms with Crippen LogP contribution in [0.15, 0.2) is 75.9 Å². The number of nitrogens with two attached hydrogens (primary N) is 1. The lowest BCUT2D eigenvalue weighted by molar-refractivity contribution is 0.0587. The van der Waals surface area contributed by atoms with Gasteiger partial charge in [-0.3, -0.25) is 8.80 Å². The van der Waals surface area contributed by atoms with Crippen LogP contribution in [0.3, 0.4) is 0 Å². The van der Waals surface area contributed by atoms with Crippen molar-refractivity contribution in [3.63, 3.8) is 0 Å². The smallest absolute Gasteiger partial charge is 0.357 e. The molecule has 3 N–H and O–H groups in total. The summed E-state index contributed by atoms with van der Waals surface area (Å²) in [6.07, 6.45) is 15.3. The first-order chi connectivity index (χ1) is 33.0. The number of nitrogens with one attached hydrogen (secondary N) is 1. The molecule has 29 heteroatoms. The Labute approximate surface area is 430 Å². The fraction of sp³-hybridized carbons (Fsp3) is 0.366. The van der Waals surface area contributed by atoms with Gasteiger partial charge in [-0.1, -0.05) is 39.3 Å². The molecule has 8 rings (SSSR count). The monoisotopic (exact) mass is 1180 g/mol. The molecule has 0 fully saturated rings. The number of esters is 2. The van der Waals surface area contributed by atoms with Crippen molar-refractivity contribution in [2.24, 2.45) is 0 Å². The number of fused-ring (bicyclic) bond motifs is 2. The number of carbonyl (C=O) groups excluding carboxylic acids is 2. The third kappa shape index (κ3) is 14.9. The highest BCUT2D eigenvalue weighted by molar-refractivity contribution is 9.10. The van der Waals surface area contributed by atoms with Gasteiger partial charge in [-0.25, -0.2) is 47.3 Å². The molecule has 0 aliphatic rings. The van der Waals surface area contributed by atoms with Gasteiger partial charge in [-0.2, -0.15) is 18.9 Å². The molecular weight excluding hydrogens is 1130 g/mol. The lowest BCUT2D eigenvalue weighted by Gasteiger charge is -2.15. The zero-order chi connectivity index (χ0) is 51.0. The van der Waals surface area contributed by atoms with E-state index >= 15 is 0 Å². The van der Waals surface area contributed by atoms with E-state index in [-0.39, 0.29) is 22.1 Å². The number of carbonyl (C=O) groups is 2. The van der Waals surface area contributed by atoms with Gasteiger partial charge in [0.15, 0.2) is 43.4 Å². The fourth-order valence-electron chi connectivity index (χ4n) is 6.00. The first-order valence-corrected chi connectivity index (χ1v) is 33.6. The Balaban J connectivity index is 0.000000194. The van der Waals surface area contributed by atoms with Crippen LogP contribution in [0.5, 0.6) is 0 Å². The van der Waals surface area contributed by atoms with Gasteiger partial charge in [0, 0.05) is 83.7 Å². The molecular formula is C41H52Br2N14O8S3Si2. The predicted molar refractivity (Wildman–Crippen MR) is 280 cm³/mol. The first-order valence-electron chi connectivity index (χ1n) is 21.1. The molecule has 8 aromatic rings. The molecule has 0 atom stereocenters. The zero-order valence-electron chi connectivity index (χ0n) is 39.7. The van der Waals surface area contributed by atoms with E-state index in [0.717, 1.165) is 77.1 Å². The third-order valence-corrected chi connectivity index (χ3v) is 16.1. The zero-order valence-corrected chi connectivity index (χ0v) is 47.3. The van der Waals surface area contributed by atoms with E-state index in [1.54, 1.807) is 50.8 Å². The molecule has 8 heterocycles. The van der Waals surface area contributed by atoms with Crippen molar-refractivity contribution in [3.8, 4) is 22.5 Å². The summed E-state index contributed by atoms with van der Waals surface area (Å²) in [4.78, 5) is 39.7. The molecule has 0 saturated carbocycles. The lowest BCUT2D eigenvalue weighted by atomic mass is 10.3. The number of halogens is 2. The van der Waals surface area contributed by atoms with E-state index in [2.05, 4.69) is 120 Å². The van der Waals surface area contributed by atoms with Crippen LogP contribution in [-0.4, -0.2) is 127 Å². The number of anilines is 3. The van der Waals surface area contributed by atoms with Crippen LogP contribution < -0.4 is 11.1 Å². The molecule has 0 saturated heterocycles. The summed E-state index contributed by atoms with van der Waals surface area (Å²) in [5, 5.41) is 13.0. The number of rotatable bonds is 17. The predicted octanol–water partition coefficient (Wildman–Crippen LogP) is 8.24. The van der Waals surface area contributed by atoms with Crippen LogP contribution in [0.4, 0.5) is 15.8 Å². The van der Waals surface area contributed by atoms with Crippen molar-refractivity contribution in [3.05, 3.63) is 82.3 Å².